The molecule has 1 N–H and O–H groups in total. The molecule has 0 radical (unpaired) electrons. The minimum Gasteiger partial charge on any atom is -0.378 e. The van der Waals surface area contributed by atoms with Crippen LogP contribution in [-0.4, -0.2) is 37.1 Å². The number of hydrogen-bond acceptors (Lipinski definition) is 5. The summed E-state index contributed by atoms with van der Waals surface area (Å²) < 4.78 is 18.7. The largest absolute Gasteiger partial charge is 0.378 e. The van der Waals surface area contributed by atoms with Crippen molar-refractivity contribution in [2.75, 3.05) is 31.2 Å². The summed E-state index contributed by atoms with van der Waals surface area (Å²) in [5.41, 5.74) is 0.921. The maximum atomic E-state index is 13.4. The van der Waals surface area contributed by atoms with Gasteiger partial charge in [-0.3, -0.25) is 14.9 Å². The molecule has 1 aliphatic carbocycles. The molecule has 7 nitrogen and oxygen atoms in total. The van der Waals surface area contributed by atoms with E-state index in [2.05, 4.69) is 5.32 Å². The van der Waals surface area contributed by atoms with Crippen LogP contribution >= 0.6 is 0 Å². The Morgan fingerprint density at radius 3 is 2.40 bits per heavy atom. The van der Waals surface area contributed by atoms with Gasteiger partial charge >= 0.3 is 0 Å². The molecule has 2 aromatic rings. The third-order valence-electron chi connectivity index (χ3n) is 5.99. The quantitative estimate of drug-likeness (QED) is 0.596. The van der Waals surface area contributed by atoms with Crippen molar-refractivity contribution in [1.29, 1.82) is 0 Å². The van der Waals surface area contributed by atoms with Gasteiger partial charge in [-0.05, 0) is 42.7 Å². The first-order valence-electron chi connectivity index (χ1n) is 10.2. The molecule has 4 rings (SSSR count). The van der Waals surface area contributed by atoms with Crippen molar-refractivity contribution in [3.8, 4) is 0 Å². The molecule has 0 aromatic heterocycles. The number of hydrogen-bond donors (Lipinski definition) is 1. The standard InChI is InChI=1S/C22H24FN3O4/c23-18-6-4-17(5-7-18)22(9-1-2-10-22)24-21(27)16-3-8-19(20(15-16)26(28)29)25-11-13-30-14-12-25/h3-8,15H,1-2,9-14H2,(H,24,27). The van der Waals surface area contributed by atoms with Gasteiger partial charge in [0.05, 0.1) is 23.7 Å². The van der Waals surface area contributed by atoms with E-state index in [4.69, 9.17) is 4.74 Å². The predicted octanol–water partition coefficient (Wildman–Crippen LogP) is 3.77. The smallest absolute Gasteiger partial charge is 0.293 e. The molecule has 1 amide bonds. The van der Waals surface area contributed by atoms with Crippen LogP contribution in [0.3, 0.4) is 0 Å². The minimum atomic E-state index is -0.581. The van der Waals surface area contributed by atoms with Crippen LogP contribution in [0, 0.1) is 15.9 Å². The molecule has 30 heavy (non-hydrogen) atoms. The topological polar surface area (TPSA) is 84.7 Å². The predicted molar refractivity (Wildman–Crippen MR) is 110 cm³/mol. The van der Waals surface area contributed by atoms with Crippen molar-refractivity contribution in [3.05, 3.63) is 69.5 Å². The highest BCUT2D eigenvalue weighted by atomic mass is 19.1. The molecule has 2 fully saturated rings. The maximum absolute atomic E-state index is 13.4. The van der Waals surface area contributed by atoms with E-state index < -0.39 is 10.5 Å². The van der Waals surface area contributed by atoms with Crippen molar-refractivity contribution in [2.45, 2.75) is 31.2 Å². The van der Waals surface area contributed by atoms with Crippen LogP contribution in [0.15, 0.2) is 42.5 Å². The normalized spacial score (nSPS) is 18.2. The zero-order chi connectivity index (χ0) is 21.1. The number of carbonyl (C=O) groups is 1. The van der Waals surface area contributed by atoms with Gasteiger partial charge in [-0.2, -0.15) is 0 Å². The summed E-state index contributed by atoms with van der Waals surface area (Å²) in [5.74, 6) is -0.689. The SMILES string of the molecule is O=C(NC1(c2ccc(F)cc2)CCCC1)c1ccc(N2CCOCC2)c([N+](=O)[O-])c1. The van der Waals surface area contributed by atoms with Gasteiger partial charge in [0.2, 0.25) is 0 Å². The Bertz CT molecular complexity index is 936. The van der Waals surface area contributed by atoms with E-state index in [-0.39, 0.29) is 23.0 Å². The number of amides is 1. The monoisotopic (exact) mass is 413 g/mol. The highest BCUT2D eigenvalue weighted by Crippen LogP contribution is 2.39. The van der Waals surface area contributed by atoms with Crippen LogP contribution in [0.4, 0.5) is 15.8 Å². The zero-order valence-corrected chi connectivity index (χ0v) is 16.6. The van der Waals surface area contributed by atoms with E-state index in [1.165, 1.54) is 18.2 Å². The lowest BCUT2D eigenvalue weighted by Gasteiger charge is -2.31. The number of nitrogens with zero attached hydrogens (tertiary/aromatic N) is 2. The van der Waals surface area contributed by atoms with Gasteiger partial charge < -0.3 is 15.0 Å². The van der Waals surface area contributed by atoms with Crippen molar-refractivity contribution >= 4 is 17.3 Å². The van der Waals surface area contributed by atoms with Crippen LogP contribution in [0.1, 0.15) is 41.6 Å². The summed E-state index contributed by atoms with van der Waals surface area (Å²) in [5, 5.41) is 14.8. The second-order valence-electron chi connectivity index (χ2n) is 7.81. The number of nitro groups is 1. The molecule has 8 heteroatoms. The molecular formula is C22H24FN3O4. The molecular weight excluding hydrogens is 389 g/mol. The van der Waals surface area contributed by atoms with Crippen molar-refractivity contribution in [1.82, 2.24) is 5.32 Å². The minimum absolute atomic E-state index is 0.0909. The Morgan fingerprint density at radius 2 is 1.77 bits per heavy atom. The first kappa shape index (κ1) is 20.3. The van der Waals surface area contributed by atoms with E-state index in [1.807, 2.05) is 4.90 Å². The van der Waals surface area contributed by atoms with Crippen LogP contribution in [-0.2, 0) is 10.3 Å². The third-order valence-corrected chi connectivity index (χ3v) is 5.99. The van der Waals surface area contributed by atoms with Gasteiger partial charge in [-0.15, -0.1) is 0 Å². The first-order chi connectivity index (χ1) is 14.5. The summed E-state index contributed by atoms with van der Waals surface area (Å²) in [6.07, 6.45) is 3.40. The number of nitrogens with one attached hydrogen (secondary N) is 1. The fourth-order valence-corrected chi connectivity index (χ4v) is 4.41. The second kappa shape index (κ2) is 8.39. The number of halogens is 1. The summed E-state index contributed by atoms with van der Waals surface area (Å²) in [6.45, 7) is 2.17. The Balaban J connectivity index is 1.61. The molecule has 0 bridgehead atoms. The average molecular weight is 413 g/mol. The lowest BCUT2D eigenvalue weighted by atomic mass is 9.87. The number of nitro benzene ring substituents is 1. The highest BCUT2D eigenvalue weighted by molar-refractivity contribution is 5.96. The van der Waals surface area contributed by atoms with Crippen molar-refractivity contribution in [2.24, 2.45) is 0 Å². The number of carbonyl (C=O) groups excluding carboxylic acids is 1. The summed E-state index contributed by atoms with van der Waals surface area (Å²) in [7, 11) is 0. The highest BCUT2D eigenvalue weighted by Gasteiger charge is 2.37. The molecule has 158 valence electrons. The zero-order valence-electron chi connectivity index (χ0n) is 16.6. The Hall–Kier alpha value is -3.00. The van der Waals surface area contributed by atoms with E-state index in [0.29, 0.717) is 32.0 Å². The van der Waals surface area contributed by atoms with E-state index >= 15 is 0 Å². The van der Waals surface area contributed by atoms with E-state index in [9.17, 15) is 19.3 Å². The lowest BCUT2D eigenvalue weighted by Crippen LogP contribution is -2.43. The molecule has 0 atom stereocenters. The maximum Gasteiger partial charge on any atom is 0.293 e. The summed E-state index contributed by atoms with van der Waals surface area (Å²) >= 11 is 0. The van der Waals surface area contributed by atoms with Crippen molar-refractivity contribution < 1.29 is 18.8 Å². The first-order valence-corrected chi connectivity index (χ1v) is 10.2. The third kappa shape index (κ3) is 4.00. The molecule has 2 aromatic carbocycles. The fourth-order valence-electron chi connectivity index (χ4n) is 4.41. The molecule has 0 spiro atoms. The summed E-state index contributed by atoms with van der Waals surface area (Å²) in [6, 6.07) is 10.8. The van der Waals surface area contributed by atoms with Gasteiger partial charge in [-0.1, -0.05) is 25.0 Å². The average Bonchev–Trinajstić information content (AvgIpc) is 3.24. The van der Waals surface area contributed by atoms with E-state index in [1.54, 1.807) is 24.3 Å². The number of anilines is 1. The van der Waals surface area contributed by atoms with Gasteiger partial charge in [0.15, 0.2) is 0 Å². The van der Waals surface area contributed by atoms with Crippen LogP contribution < -0.4 is 10.2 Å². The fraction of sp³-hybridized carbons (Fsp3) is 0.409. The van der Waals surface area contributed by atoms with Crippen LogP contribution in [0.25, 0.3) is 0 Å². The molecule has 1 saturated heterocycles. The molecule has 2 aliphatic rings. The van der Waals surface area contributed by atoms with Gasteiger partial charge in [0.25, 0.3) is 11.6 Å². The number of ether oxygens (including phenoxy) is 1. The second-order valence-corrected chi connectivity index (χ2v) is 7.81. The van der Waals surface area contributed by atoms with E-state index in [0.717, 1.165) is 31.2 Å². The van der Waals surface area contributed by atoms with Gasteiger partial charge in [0, 0.05) is 24.7 Å². The molecule has 1 saturated carbocycles. The molecule has 1 aliphatic heterocycles. The van der Waals surface area contributed by atoms with Crippen LogP contribution in [0.5, 0.6) is 0 Å². The number of benzene rings is 2. The Labute approximate surface area is 174 Å². The van der Waals surface area contributed by atoms with Gasteiger partial charge in [-0.25, -0.2) is 4.39 Å². The van der Waals surface area contributed by atoms with Gasteiger partial charge in [0.1, 0.15) is 11.5 Å². The van der Waals surface area contributed by atoms with Crippen LogP contribution in [0.2, 0.25) is 0 Å². The number of rotatable bonds is 5. The number of morpholine rings is 1. The lowest BCUT2D eigenvalue weighted by molar-refractivity contribution is -0.384. The Morgan fingerprint density at radius 1 is 1.10 bits per heavy atom. The summed E-state index contributed by atoms with van der Waals surface area (Å²) in [4.78, 5) is 26.2. The Kier molecular flexibility index (Phi) is 5.67. The van der Waals surface area contributed by atoms with Crippen molar-refractivity contribution in [3.63, 3.8) is 0 Å². The molecule has 1 heterocycles. The molecule has 0 unspecified atom stereocenters.